The molecule has 0 unspecified atom stereocenters. The Morgan fingerprint density at radius 1 is 1.33 bits per heavy atom. The summed E-state index contributed by atoms with van der Waals surface area (Å²) in [6.45, 7) is 2.39. The highest BCUT2D eigenvalue weighted by Gasteiger charge is 2.31. The molecule has 1 heterocycles. The summed E-state index contributed by atoms with van der Waals surface area (Å²) in [4.78, 5) is 11.2. The number of ether oxygens (including phenoxy) is 1. The van der Waals surface area contributed by atoms with Crippen LogP contribution in [0.5, 0.6) is 5.75 Å². The van der Waals surface area contributed by atoms with Crippen molar-refractivity contribution in [3.05, 3.63) is 29.8 Å². The summed E-state index contributed by atoms with van der Waals surface area (Å²) in [5.41, 5.74) is 0.915. The van der Waals surface area contributed by atoms with Crippen molar-refractivity contribution in [2.24, 2.45) is 5.92 Å². The maximum atomic E-state index is 12.1. The SMILES string of the molecule is CC(=O)C[C@H]1CCN[C@@H](c2ccc(OC(F)(F)F)cc2)C1. The number of ketones is 1. The molecule has 0 radical (unpaired) electrons. The number of rotatable bonds is 4. The van der Waals surface area contributed by atoms with Crippen LogP contribution in [0.1, 0.15) is 37.8 Å². The first-order chi connectivity index (χ1) is 9.83. The zero-order valence-electron chi connectivity index (χ0n) is 11.7. The van der Waals surface area contributed by atoms with Gasteiger partial charge in [-0.05, 0) is 49.9 Å². The third-order valence-corrected chi connectivity index (χ3v) is 3.60. The largest absolute Gasteiger partial charge is 0.573 e. The summed E-state index contributed by atoms with van der Waals surface area (Å²) in [6.07, 6.45) is -2.34. The van der Waals surface area contributed by atoms with Gasteiger partial charge in [0.1, 0.15) is 11.5 Å². The van der Waals surface area contributed by atoms with Crippen LogP contribution in [0.15, 0.2) is 24.3 Å². The first-order valence-corrected chi connectivity index (χ1v) is 6.92. The van der Waals surface area contributed by atoms with Crippen molar-refractivity contribution in [1.82, 2.24) is 5.32 Å². The highest BCUT2D eigenvalue weighted by atomic mass is 19.4. The van der Waals surface area contributed by atoms with Crippen LogP contribution in [0.2, 0.25) is 0 Å². The van der Waals surface area contributed by atoms with Crippen molar-refractivity contribution in [1.29, 1.82) is 0 Å². The Balaban J connectivity index is 1.99. The molecule has 2 rings (SSSR count). The van der Waals surface area contributed by atoms with Gasteiger partial charge in [0.05, 0.1) is 0 Å². The molecular formula is C15H18F3NO2. The first kappa shape index (κ1) is 15.8. The number of hydrogen-bond donors (Lipinski definition) is 1. The van der Waals surface area contributed by atoms with E-state index in [-0.39, 0.29) is 17.6 Å². The van der Waals surface area contributed by atoms with Gasteiger partial charge < -0.3 is 14.8 Å². The van der Waals surface area contributed by atoms with Gasteiger partial charge in [0.15, 0.2) is 0 Å². The number of alkyl halides is 3. The lowest BCUT2D eigenvalue weighted by atomic mass is 9.86. The van der Waals surface area contributed by atoms with Gasteiger partial charge in [-0.1, -0.05) is 12.1 Å². The molecule has 1 aromatic rings. The Hall–Kier alpha value is -1.56. The van der Waals surface area contributed by atoms with Crippen molar-refractivity contribution in [2.45, 2.75) is 38.6 Å². The lowest BCUT2D eigenvalue weighted by molar-refractivity contribution is -0.274. The van der Waals surface area contributed by atoms with E-state index in [0.717, 1.165) is 24.9 Å². The highest BCUT2D eigenvalue weighted by molar-refractivity contribution is 5.75. The number of nitrogens with one attached hydrogen (secondary N) is 1. The van der Waals surface area contributed by atoms with Gasteiger partial charge in [0.25, 0.3) is 0 Å². The maximum Gasteiger partial charge on any atom is 0.573 e. The smallest absolute Gasteiger partial charge is 0.406 e. The van der Waals surface area contributed by atoms with Gasteiger partial charge in [0.2, 0.25) is 0 Å². The predicted molar refractivity (Wildman–Crippen MR) is 71.9 cm³/mol. The number of piperidine rings is 1. The van der Waals surface area contributed by atoms with E-state index in [1.807, 2.05) is 0 Å². The quantitative estimate of drug-likeness (QED) is 0.923. The average molecular weight is 301 g/mol. The van der Waals surface area contributed by atoms with Crippen molar-refractivity contribution in [3.63, 3.8) is 0 Å². The molecule has 1 aliphatic rings. The molecule has 1 N–H and O–H groups in total. The van der Waals surface area contributed by atoms with E-state index < -0.39 is 6.36 Å². The van der Waals surface area contributed by atoms with E-state index in [1.54, 1.807) is 19.1 Å². The van der Waals surface area contributed by atoms with Crippen LogP contribution < -0.4 is 10.1 Å². The highest BCUT2D eigenvalue weighted by Crippen LogP contribution is 2.31. The molecule has 0 saturated carbocycles. The molecule has 116 valence electrons. The molecule has 1 aromatic carbocycles. The summed E-state index contributed by atoms with van der Waals surface area (Å²) in [5, 5.41) is 3.33. The van der Waals surface area contributed by atoms with E-state index in [1.165, 1.54) is 12.1 Å². The number of Topliss-reactive ketones (excluding diaryl/α,β-unsaturated/α-hetero) is 1. The zero-order valence-corrected chi connectivity index (χ0v) is 11.7. The van der Waals surface area contributed by atoms with Crippen LogP contribution in [0.25, 0.3) is 0 Å². The molecule has 1 fully saturated rings. The Bertz CT molecular complexity index is 485. The molecule has 6 heteroatoms. The lowest BCUT2D eigenvalue weighted by Gasteiger charge is -2.30. The van der Waals surface area contributed by atoms with Gasteiger partial charge >= 0.3 is 6.36 Å². The summed E-state index contributed by atoms with van der Waals surface area (Å²) in [6, 6.07) is 5.98. The summed E-state index contributed by atoms with van der Waals surface area (Å²) in [5.74, 6) is 0.289. The minimum Gasteiger partial charge on any atom is -0.406 e. The summed E-state index contributed by atoms with van der Waals surface area (Å²) in [7, 11) is 0. The van der Waals surface area contributed by atoms with Gasteiger partial charge in [-0.15, -0.1) is 13.2 Å². The van der Waals surface area contributed by atoms with Gasteiger partial charge in [-0.3, -0.25) is 0 Å². The third-order valence-electron chi connectivity index (χ3n) is 3.60. The second kappa shape index (κ2) is 6.47. The molecule has 0 amide bonds. The number of benzene rings is 1. The van der Waals surface area contributed by atoms with E-state index in [2.05, 4.69) is 10.1 Å². The van der Waals surface area contributed by atoms with Crippen LogP contribution in [-0.4, -0.2) is 18.7 Å². The lowest BCUT2D eigenvalue weighted by Crippen LogP contribution is -2.32. The van der Waals surface area contributed by atoms with E-state index in [0.29, 0.717) is 12.3 Å². The molecule has 0 bridgehead atoms. The molecule has 3 nitrogen and oxygen atoms in total. The average Bonchev–Trinajstić information content (AvgIpc) is 2.37. The Morgan fingerprint density at radius 2 is 2.00 bits per heavy atom. The number of hydrogen-bond acceptors (Lipinski definition) is 3. The number of halogens is 3. The van der Waals surface area contributed by atoms with E-state index in [4.69, 9.17) is 0 Å². The Labute approximate surface area is 121 Å². The van der Waals surface area contributed by atoms with E-state index in [9.17, 15) is 18.0 Å². The van der Waals surface area contributed by atoms with Crippen LogP contribution in [0.4, 0.5) is 13.2 Å². The third kappa shape index (κ3) is 5.04. The first-order valence-electron chi connectivity index (χ1n) is 6.92. The van der Waals surface area contributed by atoms with Crippen LogP contribution in [-0.2, 0) is 4.79 Å². The van der Waals surface area contributed by atoms with Gasteiger partial charge in [-0.2, -0.15) is 0 Å². The minimum atomic E-state index is -4.67. The van der Waals surface area contributed by atoms with Crippen molar-refractivity contribution < 1.29 is 22.7 Å². The normalized spacial score (nSPS) is 22.9. The fourth-order valence-electron chi connectivity index (χ4n) is 2.74. The second-order valence-electron chi connectivity index (χ2n) is 5.42. The zero-order chi connectivity index (χ0) is 15.5. The topological polar surface area (TPSA) is 38.3 Å². The van der Waals surface area contributed by atoms with Gasteiger partial charge in [0, 0.05) is 12.5 Å². The summed E-state index contributed by atoms with van der Waals surface area (Å²) < 4.78 is 40.2. The number of carbonyl (C=O) groups is 1. The van der Waals surface area contributed by atoms with Crippen molar-refractivity contribution >= 4 is 5.78 Å². The molecule has 0 spiro atoms. The monoisotopic (exact) mass is 301 g/mol. The van der Waals surface area contributed by atoms with Crippen LogP contribution >= 0.6 is 0 Å². The second-order valence-corrected chi connectivity index (χ2v) is 5.42. The Morgan fingerprint density at radius 3 is 2.57 bits per heavy atom. The molecule has 21 heavy (non-hydrogen) atoms. The molecule has 0 aliphatic carbocycles. The van der Waals surface area contributed by atoms with Crippen molar-refractivity contribution in [3.8, 4) is 5.75 Å². The van der Waals surface area contributed by atoms with Crippen molar-refractivity contribution in [2.75, 3.05) is 6.54 Å². The maximum absolute atomic E-state index is 12.1. The van der Waals surface area contributed by atoms with Crippen LogP contribution in [0.3, 0.4) is 0 Å². The molecule has 1 aliphatic heterocycles. The predicted octanol–water partition coefficient (Wildman–Crippen LogP) is 3.61. The van der Waals surface area contributed by atoms with E-state index >= 15 is 0 Å². The molecular weight excluding hydrogens is 283 g/mol. The fraction of sp³-hybridized carbons (Fsp3) is 0.533. The molecule has 1 saturated heterocycles. The standard InChI is InChI=1S/C15H18F3NO2/c1-10(20)8-11-6-7-19-14(9-11)12-2-4-13(5-3-12)21-15(16,17)18/h2-5,11,14,19H,6-9H2,1H3/t11-,14-/m1/s1. The molecule has 0 aromatic heterocycles. The van der Waals surface area contributed by atoms with Crippen LogP contribution in [0, 0.1) is 5.92 Å². The fourth-order valence-corrected chi connectivity index (χ4v) is 2.74. The summed E-state index contributed by atoms with van der Waals surface area (Å²) >= 11 is 0. The minimum absolute atomic E-state index is 0.0723. The Kier molecular flexibility index (Phi) is 4.88. The molecule has 2 atom stereocenters. The van der Waals surface area contributed by atoms with Gasteiger partial charge in [-0.25, -0.2) is 0 Å². The number of carbonyl (C=O) groups excluding carboxylic acids is 1.